The molecule has 744 valence electrons. The van der Waals surface area contributed by atoms with Gasteiger partial charge in [0.15, 0.2) is 24.1 Å². The van der Waals surface area contributed by atoms with E-state index in [4.69, 9.17) is 72.6 Å². The van der Waals surface area contributed by atoms with Crippen molar-refractivity contribution in [2.75, 3.05) is 38.6 Å². The molecule has 8 aliphatic heterocycles. The quantitative estimate of drug-likeness (QED) is 0.0253. The number of amides is 9. The summed E-state index contributed by atoms with van der Waals surface area (Å²) in [5.41, 5.74) is 12.4. The highest BCUT2D eigenvalue weighted by Gasteiger charge is 2.54. The fraction of sp³-hybridized carbons (Fsp3) is 0.443. The summed E-state index contributed by atoms with van der Waals surface area (Å²) in [6.45, 7) is 6.34. The second-order valence-corrected chi connectivity index (χ2v) is 34.9. The average molecular weight is 1980 g/mol. The third-order valence-corrected chi connectivity index (χ3v) is 24.0. The summed E-state index contributed by atoms with van der Waals surface area (Å²) in [6.07, 6.45) is -34.1. The van der Waals surface area contributed by atoms with Gasteiger partial charge in [0.2, 0.25) is 53.4 Å². The van der Waals surface area contributed by atoms with Gasteiger partial charge in [0.1, 0.15) is 138 Å². The van der Waals surface area contributed by atoms with Crippen LogP contribution in [0.3, 0.4) is 0 Å². The molecule has 26 N–H and O–H groups in total. The lowest BCUT2D eigenvalue weighted by molar-refractivity contribution is -0.350. The van der Waals surface area contributed by atoms with Crippen molar-refractivity contribution in [1.82, 2.24) is 62.9 Å². The molecule has 8 aliphatic rings. The molecule has 15 rings (SSSR count). The third kappa shape index (κ3) is 23.6. The molecule has 50 heteroatoms. The maximum Gasteiger partial charge on any atom is 0.573 e. The van der Waals surface area contributed by atoms with Crippen LogP contribution in [-0.4, -0.2) is 268 Å². The number of hydrogen-bond donors (Lipinski definition) is 24. The largest absolute Gasteiger partial charge is 0.573 e. The topological polar surface area (TPSA) is 678 Å². The minimum absolute atomic E-state index is 0.0627. The van der Waals surface area contributed by atoms with Crippen LogP contribution in [0.25, 0.3) is 11.1 Å². The van der Waals surface area contributed by atoms with Crippen LogP contribution in [0.5, 0.6) is 51.7 Å². The normalized spacial score (nSPS) is 28.1. The Morgan fingerprint density at radius 2 is 1.33 bits per heavy atom. The third-order valence-electron chi connectivity index (χ3n) is 23.4. The van der Waals surface area contributed by atoms with Crippen molar-refractivity contribution in [3.05, 3.63) is 169 Å². The molecule has 6 aromatic carbocycles. The van der Waals surface area contributed by atoms with Crippen molar-refractivity contribution in [3.8, 4) is 62.9 Å². The van der Waals surface area contributed by atoms with E-state index >= 15 is 24.0 Å². The summed E-state index contributed by atoms with van der Waals surface area (Å²) in [7, 11) is 1.45. The number of phenolic OH excluding ortho intramolecular Hbond substituents is 3. The molecule has 9 amide bonds. The number of halogens is 5. The molecular weight excluding hydrogens is 1870 g/mol. The second-order valence-electron chi connectivity index (χ2n) is 34.0. The number of aromatic hydroxyl groups is 3. The maximum absolute atomic E-state index is 16.6. The van der Waals surface area contributed by atoms with Crippen molar-refractivity contribution in [2.24, 2.45) is 17.4 Å². The molecule has 45 nitrogen and oxygen atoms in total. The number of hydrazine groups is 1. The first kappa shape index (κ1) is 103. The van der Waals surface area contributed by atoms with Gasteiger partial charge in [-0.25, -0.2) is 10.2 Å². The van der Waals surface area contributed by atoms with Crippen LogP contribution in [0.1, 0.15) is 122 Å². The van der Waals surface area contributed by atoms with E-state index in [-0.39, 0.29) is 73.0 Å². The fourth-order valence-electron chi connectivity index (χ4n) is 16.4. The van der Waals surface area contributed by atoms with Crippen molar-refractivity contribution >= 4 is 82.2 Å². The number of anilines is 1. The number of phenols is 3. The fourth-order valence-corrected chi connectivity index (χ4v) is 16.8. The lowest BCUT2D eigenvalue weighted by Crippen LogP contribution is -2.65. The Labute approximate surface area is 791 Å². The summed E-state index contributed by atoms with van der Waals surface area (Å²) in [6, 6.07) is 4.43. The highest BCUT2D eigenvalue weighted by atomic mass is 35.5. The predicted octanol–water partition coefficient (Wildman–Crippen LogP) is -0.508. The second kappa shape index (κ2) is 43.4. The Balaban J connectivity index is 0.915. The molecule has 2 unspecified atom stereocenters. The molecule has 11 bridgehead atoms. The molecule has 23 atom stereocenters. The van der Waals surface area contributed by atoms with E-state index in [0.717, 1.165) is 95.6 Å². The van der Waals surface area contributed by atoms with Gasteiger partial charge in [0.05, 0.1) is 41.3 Å². The van der Waals surface area contributed by atoms with E-state index in [9.17, 15) is 93.3 Å². The number of ether oxygens (including phenoxy) is 9. The van der Waals surface area contributed by atoms with Crippen LogP contribution < -0.4 is 94.8 Å². The molecule has 138 heavy (non-hydrogen) atoms. The van der Waals surface area contributed by atoms with Crippen LogP contribution in [0.4, 0.5) is 19.0 Å². The van der Waals surface area contributed by atoms with Crippen LogP contribution in [-0.2, 0) is 68.6 Å². The van der Waals surface area contributed by atoms with Gasteiger partial charge in [0, 0.05) is 67.1 Å². The Morgan fingerprint density at radius 1 is 0.696 bits per heavy atom. The first-order valence-corrected chi connectivity index (χ1v) is 43.9. The van der Waals surface area contributed by atoms with E-state index in [1.807, 2.05) is 0 Å². The summed E-state index contributed by atoms with van der Waals surface area (Å²) in [4.78, 5) is 152. The minimum atomic E-state index is -4.99. The van der Waals surface area contributed by atoms with E-state index < -0.39 is 302 Å². The van der Waals surface area contributed by atoms with Crippen LogP contribution in [0, 0.1) is 5.92 Å². The molecule has 7 aromatic rings. The molecule has 3 saturated heterocycles. The van der Waals surface area contributed by atoms with Gasteiger partial charge in [-0.1, -0.05) is 62.2 Å². The van der Waals surface area contributed by atoms with Crippen molar-refractivity contribution in [1.29, 1.82) is 0 Å². The number of alkyl halides is 3. The van der Waals surface area contributed by atoms with Crippen LogP contribution >= 0.6 is 23.2 Å². The number of aliphatic hydroxyl groups excluding tert-OH is 8. The Bertz CT molecular complexity index is 5780. The molecule has 0 radical (unpaired) electrons. The van der Waals surface area contributed by atoms with E-state index in [1.54, 1.807) is 20.8 Å². The predicted molar refractivity (Wildman–Crippen MR) is 471 cm³/mol. The van der Waals surface area contributed by atoms with Crippen molar-refractivity contribution < 1.29 is 155 Å². The summed E-state index contributed by atoms with van der Waals surface area (Å²) >= 11 is 14.6. The molecular formula is C88H102Cl2F3N15O30. The maximum atomic E-state index is 16.6. The minimum Gasteiger partial charge on any atom is -0.508 e. The summed E-state index contributed by atoms with van der Waals surface area (Å²) < 4.78 is 94.3. The number of likely N-dealkylation sites (N-methyl/N-ethyl adjacent to an activating group) is 1. The van der Waals surface area contributed by atoms with Gasteiger partial charge in [-0.3, -0.25) is 53.1 Å². The number of nitrogens with two attached hydrogens (primary N) is 2. The number of primary amides is 1. The van der Waals surface area contributed by atoms with Gasteiger partial charge < -0.3 is 158 Å². The molecule has 3 fully saturated rings. The standard InChI is InChI=1S/C88H102Cl2F3N15O30/c1-7-98-107-83(128)63-44-28-41(110)29-50(112)60(44)43-23-37(10-15-49(43)111)61-79(124)106-65(82(127)104-63)72(135-59-31-87(5,95)75(120)35(4)130-59)39-12-17-52(46(90)25-39)132-54-27-40-26-53(131-51-16-11-38(24-45(51)89)66(114)64(105-77(122)47(96-6)22-34(2)3)81(126)99-48(30-57(94)113)78(123)102-62(40)80(125)103-61)73(54)136-85-71(119)69(117)74(56(33-109)134-85)137-84-70(118)68(116)67(115)55(133-84)32-97-19-21-108-20-18-58(101-86(108)129)100-76(121)36-8-13-42(14-9-36)138-88(91,92)93/h8-18,20,23-29,34-35,47-48,55-56,59,61-72,74-75,84-85,96-98,109-112,114-120H,7,19,21-22,30-33,95H2,1-6H3,(H2,94,113)(H,99,126)(H,102,123)(H,103,125)(H,104,127)(H,105,122)(H,106,124)(H,107,128)(H,100,101,121,129)/t35-,47+,48-,55+,56+,59?,61+,62+,63+,64?,65-,66+,67-,68-,69+,70+,71+,72+,74+,75-,84-,85-,87-/m0/s1. The van der Waals surface area contributed by atoms with Crippen molar-refractivity contribution in [3.63, 3.8) is 0 Å². The van der Waals surface area contributed by atoms with E-state index in [2.05, 4.69) is 68.4 Å². The first-order chi connectivity index (χ1) is 65.3. The zero-order valence-electron chi connectivity index (χ0n) is 74.0. The zero-order chi connectivity index (χ0) is 100. The van der Waals surface area contributed by atoms with Crippen LogP contribution in [0.2, 0.25) is 10.0 Å². The first-order valence-electron chi connectivity index (χ1n) is 43.2. The van der Waals surface area contributed by atoms with Crippen molar-refractivity contribution in [2.45, 2.75) is 207 Å². The van der Waals surface area contributed by atoms with Gasteiger partial charge in [0.25, 0.3) is 11.8 Å². The number of fused-ring (bicyclic) bond motifs is 15. The zero-order valence-corrected chi connectivity index (χ0v) is 75.5. The van der Waals surface area contributed by atoms with Gasteiger partial charge >= 0.3 is 12.1 Å². The molecule has 0 aliphatic carbocycles. The number of nitrogens with zero attached hydrogens (tertiary/aromatic N) is 2. The number of carbonyl (C=O) groups excluding carboxylic acids is 9. The number of carbonyl (C=O) groups is 9. The Hall–Kier alpha value is -12.3. The smallest absolute Gasteiger partial charge is 0.508 e. The Kier molecular flexibility index (Phi) is 32.4. The molecule has 1 aromatic heterocycles. The lowest BCUT2D eigenvalue weighted by Gasteiger charge is -2.46. The summed E-state index contributed by atoms with van der Waals surface area (Å²) in [5, 5.41) is 152. The number of aromatic nitrogens is 2. The SMILES string of the molecule is CCNNC(=O)[C@@H]1NC(=O)[C@H]2NC(=O)[C@H](NC(=O)[C@@H]3NC(=O)[C@H](CC(N)=O)NC(=O)C(NC(=O)[C@@H](CC(C)C)NC)[C@H](O)c4ccc(c(Cl)c4)Oc4cc3cc(c4O[C@@H]3O[C@H](CO)[C@@H](O[C@@H]4O[C@H](CNCCn5ccc(NC(=O)c6ccc(OC(F)(F)F)cc6)nc5=O)[C@H](O)[C@H](O)[C@H]4O)[C@H](O)[C@H]3O)Oc3ccc(cc3Cl)[C@H]2OC2C[C@](C)(N)[C@@H](O)[C@H](C)O2)c2ccc(O)c(c2)-c2c(O)cc(O)cc21. The van der Waals surface area contributed by atoms with Gasteiger partial charge in [-0.15, -0.1) is 13.2 Å². The number of aliphatic hydroxyl groups is 8. The number of benzene rings is 6. The summed E-state index contributed by atoms with van der Waals surface area (Å²) in [5.74, 6) is -17.6. The molecule has 0 saturated carbocycles. The van der Waals surface area contributed by atoms with Gasteiger partial charge in [-0.2, -0.15) is 4.98 Å². The number of rotatable bonds is 25. The molecule has 9 heterocycles. The van der Waals surface area contributed by atoms with Crippen LogP contribution in [0.15, 0.2) is 120 Å². The Morgan fingerprint density at radius 3 is 1.96 bits per heavy atom. The van der Waals surface area contributed by atoms with E-state index in [0.29, 0.717) is 0 Å². The highest BCUT2D eigenvalue weighted by molar-refractivity contribution is 6.32. The highest BCUT2D eigenvalue weighted by Crippen LogP contribution is 2.51. The van der Waals surface area contributed by atoms with Gasteiger partial charge in [-0.05, 0) is 146 Å². The number of hydrogen-bond acceptors (Lipinski definition) is 35. The van der Waals surface area contributed by atoms with E-state index in [1.165, 1.54) is 45.3 Å². The number of nitrogens with one attached hydrogen (secondary N) is 11. The molecule has 0 spiro atoms. The lowest BCUT2D eigenvalue weighted by atomic mass is 9.86. The monoisotopic (exact) mass is 1980 g/mol. The average Bonchev–Trinajstić information content (AvgIpc) is 0.760.